The highest BCUT2D eigenvalue weighted by Crippen LogP contribution is 2.43. The molecule has 1 heterocycles. The molecule has 102 valence electrons. The van der Waals surface area contributed by atoms with Gasteiger partial charge in [0.1, 0.15) is 11.6 Å². The number of nitrogens with zero attached hydrogens (tertiary/aromatic N) is 1. The number of carbonyl (C=O) groups excluding carboxylic acids is 2. The summed E-state index contributed by atoms with van der Waals surface area (Å²) < 4.78 is 0. The maximum atomic E-state index is 12.7. The first kappa shape index (κ1) is 13.4. The van der Waals surface area contributed by atoms with E-state index in [1.807, 2.05) is 34.6 Å². The van der Waals surface area contributed by atoms with Crippen LogP contribution in [0.25, 0.3) is 0 Å². The van der Waals surface area contributed by atoms with Crippen molar-refractivity contribution in [2.24, 2.45) is 11.3 Å². The summed E-state index contributed by atoms with van der Waals surface area (Å²) in [5.74, 6) is 0.411. The van der Waals surface area contributed by atoms with Gasteiger partial charge in [0.25, 0.3) is 0 Å². The van der Waals surface area contributed by atoms with Crippen LogP contribution in [-0.4, -0.2) is 34.8 Å². The number of amides is 2. The summed E-state index contributed by atoms with van der Waals surface area (Å²) in [7, 11) is 0. The smallest absolute Gasteiger partial charge is 0.249 e. The van der Waals surface area contributed by atoms with Crippen molar-refractivity contribution >= 4 is 11.8 Å². The minimum atomic E-state index is -0.672. The van der Waals surface area contributed by atoms with E-state index >= 15 is 0 Å². The number of hydrogen-bond donors (Lipinski definition) is 1. The topological polar surface area (TPSA) is 49.4 Å². The molecule has 18 heavy (non-hydrogen) atoms. The van der Waals surface area contributed by atoms with Gasteiger partial charge in [0.15, 0.2) is 0 Å². The second-order valence-electron chi connectivity index (χ2n) is 6.83. The van der Waals surface area contributed by atoms with Gasteiger partial charge in [-0.15, -0.1) is 0 Å². The van der Waals surface area contributed by atoms with Crippen molar-refractivity contribution in [1.29, 1.82) is 0 Å². The second-order valence-corrected chi connectivity index (χ2v) is 6.83. The number of piperazine rings is 1. The number of likely N-dealkylation sites (N-methyl/N-ethyl adjacent to an activating group) is 1. The normalized spacial score (nSPS) is 33.6. The number of carbonyl (C=O) groups is 2. The van der Waals surface area contributed by atoms with E-state index in [-0.39, 0.29) is 23.3 Å². The summed E-state index contributed by atoms with van der Waals surface area (Å²) in [6, 6.07) is -0.359. The van der Waals surface area contributed by atoms with Gasteiger partial charge in [0, 0.05) is 6.54 Å². The van der Waals surface area contributed by atoms with Gasteiger partial charge < -0.3 is 10.2 Å². The van der Waals surface area contributed by atoms with Crippen molar-refractivity contribution in [2.45, 2.75) is 59.0 Å². The van der Waals surface area contributed by atoms with Crippen molar-refractivity contribution in [3.63, 3.8) is 0 Å². The molecule has 2 atom stereocenters. The predicted molar refractivity (Wildman–Crippen MR) is 69.9 cm³/mol. The number of hydrogen-bond acceptors (Lipinski definition) is 2. The van der Waals surface area contributed by atoms with Gasteiger partial charge in [-0.05, 0) is 38.0 Å². The molecule has 0 spiro atoms. The van der Waals surface area contributed by atoms with Crippen molar-refractivity contribution in [2.75, 3.05) is 6.54 Å². The van der Waals surface area contributed by atoms with Crippen LogP contribution in [-0.2, 0) is 9.59 Å². The Labute approximate surface area is 109 Å². The van der Waals surface area contributed by atoms with Crippen LogP contribution in [0.1, 0.15) is 47.5 Å². The van der Waals surface area contributed by atoms with Crippen molar-refractivity contribution in [3.8, 4) is 0 Å². The molecule has 1 aliphatic carbocycles. The second kappa shape index (κ2) is 3.97. The summed E-state index contributed by atoms with van der Waals surface area (Å²) in [5, 5.41) is 3.00. The molecule has 1 saturated carbocycles. The SMILES string of the molecule is CCN1C(=O)C(C)(C2CC2)NC(=O)C1C(C)(C)C. The third-order valence-electron chi connectivity index (χ3n) is 4.20. The Morgan fingerprint density at radius 3 is 2.28 bits per heavy atom. The standard InChI is InChI=1S/C14H24N2O2/c1-6-16-10(13(2,3)4)11(17)15-14(5,12(16)18)9-7-8-9/h9-10H,6-8H2,1-5H3,(H,15,17). The maximum Gasteiger partial charge on any atom is 0.249 e. The van der Waals surface area contributed by atoms with Gasteiger partial charge in [-0.25, -0.2) is 0 Å². The molecular formula is C14H24N2O2. The molecule has 1 N–H and O–H groups in total. The van der Waals surface area contributed by atoms with E-state index in [1.54, 1.807) is 4.90 Å². The third kappa shape index (κ3) is 1.91. The van der Waals surface area contributed by atoms with Crippen LogP contribution in [0, 0.1) is 11.3 Å². The Morgan fingerprint density at radius 1 is 1.33 bits per heavy atom. The zero-order valence-electron chi connectivity index (χ0n) is 12.0. The first-order valence-electron chi connectivity index (χ1n) is 6.85. The van der Waals surface area contributed by atoms with Crippen molar-refractivity contribution in [1.82, 2.24) is 10.2 Å². The Hall–Kier alpha value is -1.06. The molecule has 0 aromatic carbocycles. The van der Waals surface area contributed by atoms with Crippen molar-refractivity contribution < 1.29 is 9.59 Å². The zero-order valence-corrected chi connectivity index (χ0v) is 12.0. The van der Waals surface area contributed by atoms with Gasteiger partial charge in [-0.3, -0.25) is 9.59 Å². The van der Waals surface area contributed by atoms with Crippen molar-refractivity contribution in [3.05, 3.63) is 0 Å². The van der Waals surface area contributed by atoms with Crippen LogP contribution in [0.5, 0.6) is 0 Å². The van der Waals surface area contributed by atoms with Gasteiger partial charge in [-0.2, -0.15) is 0 Å². The fraction of sp³-hybridized carbons (Fsp3) is 0.857. The highest BCUT2D eigenvalue weighted by atomic mass is 16.2. The molecule has 0 bridgehead atoms. The van der Waals surface area contributed by atoms with Gasteiger partial charge in [0.2, 0.25) is 11.8 Å². The molecule has 2 rings (SSSR count). The summed E-state index contributed by atoms with van der Waals surface area (Å²) in [4.78, 5) is 26.8. The minimum absolute atomic E-state index is 0.00153. The summed E-state index contributed by atoms with van der Waals surface area (Å²) in [6.45, 7) is 10.4. The first-order chi connectivity index (χ1) is 8.21. The van der Waals surface area contributed by atoms with Crippen LogP contribution >= 0.6 is 0 Å². The van der Waals surface area contributed by atoms with Crippen LogP contribution < -0.4 is 5.32 Å². The fourth-order valence-corrected chi connectivity index (χ4v) is 3.06. The monoisotopic (exact) mass is 252 g/mol. The highest BCUT2D eigenvalue weighted by Gasteiger charge is 2.56. The summed E-state index contributed by atoms with van der Waals surface area (Å²) >= 11 is 0. The molecular weight excluding hydrogens is 228 g/mol. The van der Waals surface area contributed by atoms with E-state index in [1.165, 1.54) is 0 Å². The van der Waals surface area contributed by atoms with E-state index < -0.39 is 5.54 Å². The van der Waals surface area contributed by atoms with Crippen LogP contribution in [0.3, 0.4) is 0 Å². The first-order valence-corrected chi connectivity index (χ1v) is 6.85. The molecule has 1 aliphatic heterocycles. The molecule has 2 amide bonds. The quantitative estimate of drug-likeness (QED) is 0.810. The number of nitrogens with one attached hydrogen (secondary N) is 1. The lowest BCUT2D eigenvalue weighted by Gasteiger charge is -2.48. The summed E-state index contributed by atoms with van der Waals surface area (Å²) in [5.41, 5.74) is -0.907. The maximum absolute atomic E-state index is 12.7. The lowest BCUT2D eigenvalue weighted by Crippen LogP contribution is -2.72. The van der Waals surface area contributed by atoms with Crippen LogP contribution in [0.4, 0.5) is 0 Å². The van der Waals surface area contributed by atoms with Crippen LogP contribution in [0.15, 0.2) is 0 Å². The Balaban J connectivity index is 2.34. The Kier molecular flexibility index (Phi) is 2.95. The van der Waals surface area contributed by atoms with E-state index in [0.717, 1.165) is 12.8 Å². The third-order valence-corrected chi connectivity index (χ3v) is 4.20. The Bertz CT molecular complexity index is 382. The minimum Gasteiger partial charge on any atom is -0.340 e. The molecule has 4 heteroatoms. The number of rotatable bonds is 2. The van der Waals surface area contributed by atoms with E-state index in [2.05, 4.69) is 5.32 Å². The molecule has 1 saturated heterocycles. The molecule has 0 aromatic rings. The molecule has 2 fully saturated rings. The fourth-order valence-electron chi connectivity index (χ4n) is 3.06. The van der Waals surface area contributed by atoms with E-state index in [0.29, 0.717) is 12.5 Å². The van der Waals surface area contributed by atoms with Crippen LogP contribution in [0.2, 0.25) is 0 Å². The average Bonchev–Trinajstić information content (AvgIpc) is 3.04. The van der Waals surface area contributed by atoms with Gasteiger partial charge in [-0.1, -0.05) is 20.8 Å². The Morgan fingerprint density at radius 2 is 1.89 bits per heavy atom. The van der Waals surface area contributed by atoms with E-state index in [9.17, 15) is 9.59 Å². The average molecular weight is 252 g/mol. The lowest BCUT2D eigenvalue weighted by molar-refractivity contribution is -0.159. The molecule has 2 unspecified atom stereocenters. The lowest BCUT2D eigenvalue weighted by atomic mass is 9.80. The highest BCUT2D eigenvalue weighted by molar-refractivity contribution is 6.00. The van der Waals surface area contributed by atoms with Gasteiger partial charge in [0.05, 0.1) is 0 Å². The van der Waals surface area contributed by atoms with Gasteiger partial charge >= 0.3 is 0 Å². The molecule has 0 radical (unpaired) electrons. The van der Waals surface area contributed by atoms with E-state index in [4.69, 9.17) is 0 Å². The predicted octanol–water partition coefficient (Wildman–Crippen LogP) is 1.55. The zero-order chi connectivity index (χ0) is 13.7. The largest absolute Gasteiger partial charge is 0.340 e. The summed E-state index contributed by atoms with van der Waals surface area (Å²) in [6.07, 6.45) is 2.08. The molecule has 4 nitrogen and oxygen atoms in total. The molecule has 0 aromatic heterocycles. The molecule has 2 aliphatic rings.